The molecular formula is C27H23N5O3S. The van der Waals surface area contributed by atoms with Gasteiger partial charge in [0.25, 0.3) is 0 Å². The molecule has 1 fully saturated rings. The number of benzene rings is 3. The van der Waals surface area contributed by atoms with Gasteiger partial charge in [0.05, 0.1) is 4.90 Å². The average Bonchev–Trinajstić information content (AvgIpc) is 3.38. The maximum atomic E-state index is 13.1. The Morgan fingerprint density at radius 1 is 0.667 bits per heavy atom. The Morgan fingerprint density at radius 3 is 1.89 bits per heavy atom. The van der Waals surface area contributed by atoms with Crippen molar-refractivity contribution in [3.63, 3.8) is 0 Å². The van der Waals surface area contributed by atoms with Crippen molar-refractivity contribution in [2.24, 2.45) is 0 Å². The topological polar surface area (TPSA) is 92.4 Å². The largest absolute Gasteiger partial charge is 0.430 e. The first-order valence-electron chi connectivity index (χ1n) is 11.7. The van der Waals surface area contributed by atoms with Crippen LogP contribution < -0.4 is 4.90 Å². The number of aromatic nitrogens is 3. The summed E-state index contributed by atoms with van der Waals surface area (Å²) in [4.78, 5) is 16.6. The Morgan fingerprint density at radius 2 is 1.25 bits per heavy atom. The molecule has 0 unspecified atom stereocenters. The highest BCUT2D eigenvalue weighted by Gasteiger charge is 2.30. The average molecular weight is 498 g/mol. The summed E-state index contributed by atoms with van der Waals surface area (Å²) in [6, 6.07) is 27.9. The Labute approximate surface area is 208 Å². The summed E-state index contributed by atoms with van der Waals surface area (Å²) < 4.78 is 33.9. The van der Waals surface area contributed by atoms with Crippen molar-refractivity contribution in [3.05, 3.63) is 91.0 Å². The summed E-state index contributed by atoms with van der Waals surface area (Å²) in [6.07, 6.45) is 0. The molecule has 36 heavy (non-hydrogen) atoms. The first kappa shape index (κ1) is 22.4. The van der Waals surface area contributed by atoms with E-state index in [2.05, 4.69) is 4.98 Å². The molecule has 9 heteroatoms. The van der Waals surface area contributed by atoms with Crippen LogP contribution in [0.15, 0.2) is 100 Å². The number of hydrogen-bond donors (Lipinski definition) is 0. The van der Waals surface area contributed by atoms with Gasteiger partial charge in [0.15, 0.2) is 11.6 Å². The second kappa shape index (κ2) is 9.18. The van der Waals surface area contributed by atoms with Gasteiger partial charge in [-0.05, 0) is 24.3 Å². The number of fused-ring (bicyclic) bond motifs is 1. The summed E-state index contributed by atoms with van der Waals surface area (Å²) >= 11 is 0. The Balaban J connectivity index is 1.37. The fourth-order valence-electron chi connectivity index (χ4n) is 4.33. The van der Waals surface area contributed by atoms with Gasteiger partial charge in [-0.1, -0.05) is 66.7 Å². The van der Waals surface area contributed by atoms with Crippen LogP contribution in [0, 0.1) is 0 Å². The molecule has 0 N–H and O–H groups in total. The highest BCUT2D eigenvalue weighted by Crippen LogP contribution is 2.32. The zero-order valence-electron chi connectivity index (χ0n) is 19.4. The Hall–Kier alpha value is -4.08. The monoisotopic (exact) mass is 497 g/mol. The van der Waals surface area contributed by atoms with Crippen LogP contribution in [-0.4, -0.2) is 53.9 Å². The standard InChI is InChI=1S/C27H23N5O3S/c33-36(34,22-14-8-3-9-15-22)32-18-16-31(17-19-32)26-23-25(28-24(29-26)20-10-4-1-5-11-20)30-27(35-23)21-12-6-2-7-13-21/h1-15H,16-19H2. The third-order valence-electron chi connectivity index (χ3n) is 6.21. The maximum Gasteiger partial charge on any atom is 0.243 e. The quantitative estimate of drug-likeness (QED) is 0.354. The van der Waals surface area contributed by atoms with E-state index in [0.29, 0.717) is 59.8 Å². The normalized spacial score (nSPS) is 14.8. The fourth-order valence-corrected chi connectivity index (χ4v) is 5.77. The number of rotatable bonds is 5. The minimum absolute atomic E-state index is 0.303. The molecule has 1 saturated heterocycles. The molecule has 0 saturated carbocycles. The fraction of sp³-hybridized carbons (Fsp3) is 0.148. The van der Waals surface area contributed by atoms with E-state index in [4.69, 9.17) is 14.4 Å². The predicted molar refractivity (Wildman–Crippen MR) is 138 cm³/mol. The van der Waals surface area contributed by atoms with Crippen LogP contribution in [0.5, 0.6) is 0 Å². The van der Waals surface area contributed by atoms with E-state index in [1.165, 1.54) is 4.31 Å². The van der Waals surface area contributed by atoms with Gasteiger partial charge in [-0.25, -0.2) is 18.4 Å². The number of oxazole rings is 1. The number of hydrogen-bond acceptors (Lipinski definition) is 7. The Kier molecular flexibility index (Phi) is 5.71. The lowest BCUT2D eigenvalue weighted by Crippen LogP contribution is -2.49. The van der Waals surface area contributed by atoms with E-state index < -0.39 is 10.0 Å². The molecule has 0 radical (unpaired) electrons. The maximum absolute atomic E-state index is 13.1. The molecule has 0 atom stereocenters. The third-order valence-corrected chi connectivity index (χ3v) is 8.12. The van der Waals surface area contributed by atoms with Crippen LogP contribution in [0.2, 0.25) is 0 Å². The van der Waals surface area contributed by atoms with E-state index in [0.717, 1.165) is 11.1 Å². The molecule has 6 rings (SSSR count). The number of nitrogens with zero attached hydrogens (tertiary/aromatic N) is 5. The second-order valence-corrected chi connectivity index (χ2v) is 10.4. The lowest BCUT2D eigenvalue weighted by molar-refractivity contribution is 0.383. The van der Waals surface area contributed by atoms with Crippen LogP contribution in [0.1, 0.15) is 0 Å². The van der Waals surface area contributed by atoms with Crippen molar-refractivity contribution in [1.29, 1.82) is 0 Å². The molecule has 1 aliphatic heterocycles. The summed E-state index contributed by atoms with van der Waals surface area (Å²) in [5.74, 6) is 1.63. The first-order valence-corrected chi connectivity index (χ1v) is 13.1. The SMILES string of the molecule is O=S(=O)(c1ccccc1)N1CCN(c2nc(-c3ccccc3)nc3nc(-c4ccccc4)oc23)CC1. The molecule has 5 aromatic rings. The van der Waals surface area contributed by atoms with Crippen LogP contribution >= 0.6 is 0 Å². The van der Waals surface area contributed by atoms with Crippen molar-refractivity contribution in [1.82, 2.24) is 19.3 Å². The van der Waals surface area contributed by atoms with Gasteiger partial charge in [-0.3, -0.25) is 0 Å². The lowest BCUT2D eigenvalue weighted by atomic mass is 10.2. The van der Waals surface area contributed by atoms with E-state index in [-0.39, 0.29) is 0 Å². The van der Waals surface area contributed by atoms with Crippen LogP contribution in [-0.2, 0) is 10.0 Å². The molecule has 8 nitrogen and oxygen atoms in total. The molecule has 0 aliphatic carbocycles. The molecule has 0 spiro atoms. The Bertz CT molecular complexity index is 1600. The van der Waals surface area contributed by atoms with Gasteiger partial charge in [-0.15, -0.1) is 0 Å². The second-order valence-electron chi connectivity index (χ2n) is 8.48. The van der Waals surface area contributed by atoms with Gasteiger partial charge >= 0.3 is 0 Å². The van der Waals surface area contributed by atoms with Crippen molar-refractivity contribution in [2.45, 2.75) is 4.90 Å². The summed E-state index contributed by atoms with van der Waals surface area (Å²) in [7, 11) is -3.56. The molecule has 0 amide bonds. The summed E-state index contributed by atoms with van der Waals surface area (Å²) in [5.41, 5.74) is 2.68. The molecule has 180 valence electrons. The van der Waals surface area contributed by atoms with Crippen LogP contribution in [0.4, 0.5) is 5.82 Å². The predicted octanol–water partition coefficient (Wildman–Crippen LogP) is 4.46. The number of sulfonamides is 1. The smallest absolute Gasteiger partial charge is 0.243 e. The number of piperazine rings is 1. The van der Waals surface area contributed by atoms with Crippen molar-refractivity contribution >= 4 is 27.1 Å². The third kappa shape index (κ3) is 4.12. The highest BCUT2D eigenvalue weighted by atomic mass is 32.2. The minimum Gasteiger partial charge on any atom is -0.430 e. The van der Waals surface area contributed by atoms with Crippen LogP contribution in [0.3, 0.4) is 0 Å². The zero-order chi connectivity index (χ0) is 24.5. The van der Waals surface area contributed by atoms with Crippen LogP contribution in [0.25, 0.3) is 34.1 Å². The highest BCUT2D eigenvalue weighted by molar-refractivity contribution is 7.89. The van der Waals surface area contributed by atoms with Gasteiger partial charge in [0, 0.05) is 37.3 Å². The minimum atomic E-state index is -3.56. The van der Waals surface area contributed by atoms with E-state index >= 15 is 0 Å². The molecule has 3 aromatic carbocycles. The van der Waals surface area contributed by atoms with Crippen molar-refractivity contribution < 1.29 is 12.8 Å². The number of anilines is 1. The molecule has 2 aromatic heterocycles. The van der Waals surface area contributed by atoms with Gasteiger partial charge in [-0.2, -0.15) is 9.29 Å². The first-order chi connectivity index (χ1) is 17.6. The summed E-state index contributed by atoms with van der Waals surface area (Å²) in [6.45, 7) is 1.60. The van der Waals surface area contributed by atoms with Gasteiger partial charge < -0.3 is 9.32 Å². The van der Waals surface area contributed by atoms with E-state index in [1.54, 1.807) is 24.3 Å². The van der Waals surface area contributed by atoms with Crippen molar-refractivity contribution in [3.8, 4) is 22.8 Å². The van der Waals surface area contributed by atoms with E-state index in [9.17, 15) is 8.42 Å². The lowest BCUT2D eigenvalue weighted by Gasteiger charge is -2.34. The molecular weight excluding hydrogens is 474 g/mol. The molecule has 3 heterocycles. The summed E-state index contributed by atoms with van der Waals surface area (Å²) in [5, 5.41) is 0. The zero-order valence-corrected chi connectivity index (χ0v) is 20.2. The molecule has 0 bridgehead atoms. The van der Waals surface area contributed by atoms with E-state index in [1.807, 2.05) is 71.6 Å². The van der Waals surface area contributed by atoms with Gasteiger partial charge in [0.2, 0.25) is 27.1 Å². The molecule has 1 aliphatic rings. The van der Waals surface area contributed by atoms with Crippen molar-refractivity contribution in [2.75, 3.05) is 31.1 Å². The van der Waals surface area contributed by atoms with Gasteiger partial charge in [0.1, 0.15) is 0 Å².